The number of benzene rings is 2. The molecule has 0 aliphatic heterocycles. The fourth-order valence-electron chi connectivity index (χ4n) is 2.87. The van der Waals surface area contributed by atoms with E-state index in [1.54, 1.807) is 30.3 Å². The third kappa shape index (κ3) is 4.04. The van der Waals surface area contributed by atoms with Gasteiger partial charge >= 0.3 is 0 Å². The molecule has 0 saturated heterocycles. The van der Waals surface area contributed by atoms with Crippen LogP contribution in [-0.4, -0.2) is 25.1 Å². The summed E-state index contributed by atoms with van der Waals surface area (Å²) in [6, 6.07) is 16.3. The molecule has 1 aromatic heterocycles. The molecule has 10 heteroatoms. The number of sulfonamides is 1. The number of nitrogens with zero attached hydrogens (tertiary/aromatic N) is 5. The van der Waals surface area contributed by atoms with E-state index in [9.17, 15) is 23.6 Å². The van der Waals surface area contributed by atoms with Crippen molar-refractivity contribution >= 4 is 27.1 Å². The van der Waals surface area contributed by atoms with Gasteiger partial charge in [-0.25, -0.2) is 8.42 Å². The summed E-state index contributed by atoms with van der Waals surface area (Å²) < 4.78 is 28.0. The molecule has 0 aliphatic carbocycles. The van der Waals surface area contributed by atoms with Crippen LogP contribution in [0.5, 0.6) is 5.88 Å². The van der Waals surface area contributed by atoms with Crippen LogP contribution < -0.4 is 9.86 Å². The lowest BCUT2D eigenvalue weighted by molar-refractivity contribution is 0.421. The summed E-state index contributed by atoms with van der Waals surface area (Å²) in [7, 11) is -1.09. The number of rotatable bonds is 5. The van der Waals surface area contributed by atoms with Crippen molar-refractivity contribution in [3.05, 3.63) is 76.1 Å². The van der Waals surface area contributed by atoms with Crippen LogP contribution in [0.4, 0.5) is 17.1 Å². The summed E-state index contributed by atoms with van der Waals surface area (Å²) in [6.07, 6.45) is 0. The Balaban J connectivity index is 2.01. The minimum atomic E-state index is -3.85. The van der Waals surface area contributed by atoms with Crippen molar-refractivity contribution in [1.82, 2.24) is 4.57 Å². The highest BCUT2D eigenvalue weighted by Crippen LogP contribution is 2.28. The van der Waals surface area contributed by atoms with Gasteiger partial charge in [-0.15, -0.1) is 5.11 Å². The van der Waals surface area contributed by atoms with Crippen LogP contribution >= 0.6 is 0 Å². The number of anilines is 1. The Labute approximate surface area is 179 Å². The molecule has 0 fully saturated rings. The van der Waals surface area contributed by atoms with E-state index >= 15 is 0 Å². The molecule has 2 aromatic carbocycles. The van der Waals surface area contributed by atoms with E-state index < -0.39 is 21.5 Å². The Morgan fingerprint density at radius 1 is 1.10 bits per heavy atom. The van der Waals surface area contributed by atoms with E-state index in [0.29, 0.717) is 5.69 Å². The van der Waals surface area contributed by atoms with Gasteiger partial charge in [-0.3, -0.25) is 13.7 Å². The topological polar surface area (TPSA) is 128 Å². The lowest BCUT2D eigenvalue weighted by Gasteiger charge is -2.19. The minimum absolute atomic E-state index is 0.00310. The molecule has 1 heterocycles. The van der Waals surface area contributed by atoms with Crippen LogP contribution in [0.25, 0.3) is 0 Å². The summed E-state index contributed by atoms with van der Waals surface area (Å²) in [4.78, 5) is 12.4. The zero-order chi connectivity index (χ0) is 22.8. The van der Waals surface area contributed by atoms with Crippen LogP contribution in [0.3, 0.4) is 0 Å². The first-order valence-corrected chi connectivity index (χ1v) is 10.5. The molecule has 158 valence electrons. The van der Waals surface area contributed by atoms with Crippen molar-refractivity contribution in [1.29, 1.82) is 5.26 Å². The van der Waals surface area contributed by atoms with Gasteiger partial charge in [0.1, 0.15) is 11.6 Å². The Morgan fingerprint density at radius 3 is 2.42 bits per heavy atom. The van der Waals surface area contributed by atoms with Crippen molar-refractivity contribution in [2.75, 3.05) is 11.4 Å². The second-order valence-electron chi connectivity index (χ2n) is 6.65. The van der Waals surface area contributed by atoms with Gasteiger partial charge in [-0.1, -0.05) is 24.3 Å². The molecular weight excluding hydrogens is 418 g/mol. The van der Waals surface area contributed by atoms with Gasteiger partial charge in [-0.05, 0) is 37.3 Å². The fraction of sp³-hybridized carbons (Fsp3) is 0.143. The van der Waals surface area contributed by atoms with Gasteiger partial charge < -0.3 is 5.11 Å². The molecule has 0 atom stereocenters. The fourth-order valence-corrected chi connectivity index (χ4v) is 4.11. The van der Waals surface area contributed by atoms with Crippen molar-refractivity contribution in [2.45, 2.75) is 11.8 Å². The van der Waals surface area contributed by atoms with Gasteiger partial charge in [0.15, 0.2) is 5.69 Å². The second kappa shape index (κ2) is 8.41. The number of aromatic hydroxyl groups is 1. The van der Waals surface area contributed by atoms with Gasteiger partial charge in [-0.2, -0.15) is 10.4 Å². The number of aromatic nitrogens is 1. The Kier molecular flexibility index (Phi) is 5.90. The zero-order valence-corrected chi connectivity index (χ0v) is 17.8. The third-order valence-electron chi connectivity index (χ3n) is 4.75. The highest BCUT2D eigenvalue weighted by molar-refractivity contribution is 7.92. The smallest absolute Gasteiger partial charge is 0.281 e. The monoisotopic (exact) mass is 437 g/mol. The van der Waals surface area contributed by atoms with E-state index in [-0.39, 0.29) is 27.4 Å². The lowest BCUT2D eigenvalue weighted by atomic mass is 10.1. The molecule has 0 aliphatic rings. The summed E-state index contributed by atoms with van der Waals surface area (Å²) in [5.74, 6) is -0.457. The first-order valence-electron chi connectivity index (χ1n) is 9.07. The van der Waals surface area contributed by atoms with Crippen molar-refractivity contribution in [2.24, 2.45) is 17.3 Å². The molecule has 0 spiro atoms. The molecular formula is C21H19N5O4S. The molecule has 0 unspecified atom stereocenters. The predicted molar refractivity (Wildman–Crippen MR) is 115 cm³/mol. The van der Waals surface area contributed by atoms with E-state index in [4.69, 9.17) is 0 Å². The number of para-hydroxylation sites is 1. The number of hydrogen-bond acceptors (Lipinski definition) is 7. The van der Waals surface area contributed by atoms with E-state index in [1.807, 2.05) is 6.07 Å². The van der Waals surface area contributed by atoms with Crippen LogP contribution in [-0.2, 0) is 17.1 Å². The highest BCUT2D eigenvalue weighted by Gasteiger charge is 2.22. The largest absolute Gasteiger partial charge is 0.493 e. The molecule has 3 aromatic rings. The van der Waals surface area contributed by atoms with Gasteiger partial charge in [0, 0.05) is 19.7 Å². The first-order chi connectivity index (χ1) is 14.7. The maximum atomic E-state index is 13.0. The zero-order valence-electron chi connectivity index (χ0n) is 17.0. The molecule has 0 radical (unpaired) electrons. The second-order valence-corrected chi connectivity index (χ2v) is 8.62. The molecule has 31 heavy (non-hydrogen) atoms. The number of nitriles is 1. The molecule has 3 rings (SSSR count). The Bertz CT molecular complexity index is 1370. The maximum absolute atomic E-state index is 13.0. The quantitative estimate of drug-likeness (QED) is 0.611. The summed E-state index contributed by atoms with van der Waals surface area (Å²) in [5.41, 5.74) is 0.0468. The molecule has 0 saturated carbocycles. The average Bonchev–Trinajstić information content (AvgIpc) is 2.78. The Morgan fingerprint density at radius 2 is 1.77 bits per heavy atom. The van der Waals surface area contributed by atoms with Crippen LogP contribution in [0.15, 0.2) is 74.5 Å². The van der Waals surface area contributed by atoms with Gasteiger partial charge in [0.05, 0.1) is 16.3 Å². The lowest BCUT2D eigenvalue weighted by Crippen LogP contribution is -2.26. The maximum Gasteiger partial charge on any atom is 0.281 e. The normalized spacial score (nSPS) is 11.4. The highest BCUT2D eigenvalue weighted by atomic mass is 32.2. The third-order valence-corrected chi connectivity index (χ3v) is 6.53. The van der Waals surface area contributed by atoms with Crippen LogP contribution in [0, 0.1) is 18.3 Å². The van der Waals surface area contributed by atoms with Crippen molar-refractivity contribution in [3.63, 3.8) is 0 Å². The standard InChI is InChI=1S/C21H19N5O4S/c1-14-18(13-22)20(27)25(2)21(28)19(14)24-23-15-8-7-11-17(12-15)31(29,30)26(3)16-9-5-4-6-10-16/h4-12,27H,1-3H3. The van der Waals surface area contributed by atoms with Crippen LogP contribution in [0.1, 0.15) is 11.1 Å². The number of azo groups is 1. The number of pyridine rings is 1. The summed E-state index contributed by atoms with van der Waals surface area (Å²) >= 11 is 0. The van der Waals surface area contributed by atoms with E-state index in [0.717, 1.165) is 8.87 Å². The summed E-state index contributed by atoms with van der Waals surface area (Å²) in [6.45, 7) is 1.48. The van der Waals surface area contributed by atoms with E-state index in [2.05, 4.69) is 10.2 Å². The van der Waals surface area contributed by atoms with E-state index in [1.165, 1.54) is 45.3 Å². The minimum Gasteiger partial charge on any atom is -0.493 e. The van der Waals surface area contributed by atoms with Crippen molar-refractivity contribution in [3.8, 4) is 11.9 Å². The van der Waals surface area contributed by atoms with Crippen LogP contribution in [0.2, 0.25) is 0 Å². The van der Waals surface area contributed by atoms with Gasteiger partial charge in [0.25, 0.3) is 15.6 Å². The molecule has 0 bridgehead atoms. The Hall–Kier alpha value is -3.97. The molecule has 1 N–H and O–H groups in total. The van der Waals surface area contributed by atoms with Gasteiger partial charge in [0.2, 0.25) is 5.88 Å². The molecule has 9 nitrogen and oxygen atoms in total. The number of hydrogen-bond donors (Lipinski definition) is 1. The summed E-state index contributed by atoms with van der Waals surface area (Å²) in [5, 5.41) is 27.1. The first kappa shape index (κ1) is 21.7. The van der Waals surface area contributed by atoms with Crippen molar-refractivity contribution < 1.29 is 13.5 Å². The molecule has 0 amide bonds. The predicted octanol–water partition coefficient (Wildman–Crippen LogP) is 3.51. The SMILES string of the molecule is Cc1c(C#N)c(O)n(C)c(=O)c1N=Nc1cccc(S(=O)(=O)N(C)c2ccccc2)c1. The average molecular weight is 437 g/mol.